The predicted molar refractivity (Wildman–Crippen MR) is 106 cm³/mol. The number of guanidine groups is 1. The van der Waals surface area contributed by atoms with Gasteiger partial charge in [0.05, 0.1) is 12.6 Å². The van der Waals surface area contributed by atoms with Crippen LogP contribution in [0.4, 0.5) is 4.39 Å². The number of halogens is 1. The van der Waals surface area contributed by atoms with Crippen LogP contribution in [0, 0.1) is 5.82 Å². The fourth-order valence-electron chi connectivity index (χ4n) is 2.53. The molecule has 2 rings (SSSR count). The van der Waals surface area contributed by atoms with E-state index < -0.39 is 6.10 Å². The van der Waals surface area contributed by atoms with Gasteiger partial charge in [0.15, 0.2) is 17.5 Å². The summed E-state index contributed by atoms with van der Waals surface area (Å²) in [5, 5.41) is 16.6. The minimum absolute atomic E-state index is 0.226. The first-order valence-corrected chi connectivity index (χ1v) is 9.26. The second-order valence-electron chi connectivity index (χ2n) is 6.22. The highest BCUT2D eigenvalue weighted by Crippen LogP contribution is 2.17. The normalized spacial score (nSPS) is 13.7. The Balaban J connectivity index is 1.81. The number of hydrogen-bond donors (Lipinski definition) is 3. The summed E-state index contributed by atoms with van der Waals surface area (Å²) in [5.41, 5.74) is 0.896. The Labute approximate surface area is 160 Å². The van der Waals surface area contributed by atoms with Crippen molar-refractivity contribution in [3.05, 3.63) is 66.0 Å². The standard InChI is InChI=1S/C21H28FN3O2/c1-3-23-21(24-14-13-19(26)17-9-5-4-6-10-17)25-15-16(2)27-20-12-8-7-11-18(20)22/h4-12,16,19,26H,3,13-15H2,1-2H3,(H2,23,24,25). The van der Waals surface area contributed by atoms with Crippen LogP contribution in [0.3, 0.4) is 0 Å². The van der Waals surface area contributed by atoms with Gasteiger partial charge in [-0.1, -0.05) is 42.5 Å². The Morgan fingerprint density at radius 1 is 1.11 bits per heavy atom. The summed E-state index contributed by atoms with van der Waals surface area (Å²) in [4.78, 5) is 4.47. The molecule has 2 unspecified atom stereocenters. The number of nitrogens with one attached hydrogen (secondary N) is 2. The van der Waals surface area contributed by atoms with E-state index in [0.29, 0.717) is 25.5 Å². The smallest absolute Gasteiger partial charge is 0.191 e. The molecule has 3 N–H and O–H groups in total. The Morgan fingerprint density at radius 3 is 2.52 bits per heavy atom. The minimum atomic E-state index is -0.523. The van der Waals surface area contributed by atoms with Gasteiger partial charge in [-0.3, -0.25) is 0 Å². The van der Waals surface area contributed by atoms with Gasteiger partial charge in [0.1, 0.15) is 6.10 Å². The first kappa shape index (κ1) is 20.7. The second kappa shape index (κ2) is 11.2. The summed E-state index contributed by atoms with van der Waals surface area (Å²) in [5.74, 6) is 0.485. The van der Waals surface area contributed by atoms with E-state index in [-0.39, 0.29) is 17.7 Å². The maximum absolute atomic E-state index is 13.6. The molecule has 0 heterocycles. The first-order chi connectivity index (χ1) is 13.1. The van der Waals surface area contributed by atoms with Crippen molar-refractivity contribution in [3.63, 3.8) is 0 Å². The fraction of sp³-hybridized carbons (Fsp3) is 0.381. The van der Waals surface area contributed by atoms with Crippen molar-refractivity contribution >= 4 is 5.96 Å². The molecule has 2 aromatic rings. The average molecular weight is 373 g/mol. The molecule has 0 saturated heterocycles. The summed E-state index contributed by atoms with van der Waals surface area (Å²) in [6.45, 7) is 5.50. The number of aliphatic hydroxyl groups excluding tert-OH is 1. The van der Waals surface area contributed by atoms with Crippen LogP contribution < -0.4 is 15.4 Å². The van der Waals surface area contributed by atoms with E-state index in [9.17, 15) is 9.50 Å². The van der Waals surface area contributed by atoms with Gasteiger partial charge in [-0.25, -0.2) is 9.38 Å². The van der Waals surface area contributed by atoms with Crippen LogP contribution in [0.25, 0.3) is 0 Å². The molecule has 2 atom stereocenters. The van der Waals surface area contributed by atoms with E-state index in [0.717, 1.165) is 12.1 Å². The second-order valence-corrected chi connectivity index (χ2v) is 6.22. The molecule has 27 heavy (non-hydrogen) atoms. The lowest BCUT2D eigenvalue weighted by Gasteiger charge is -2.16. The quantitative estimate of drug-likeness (QED) is 0.466. The van der Waals surface area contributed by atoms with Crippen LogP contribution in [0.1, 0.15) is 31.9 Å². The van der Waals surface area contributed by atoms with Crippen molar-refractivity contribution in [1.82, 2.24) is 10.6 Å². The zero-order valence-corrected chi connectivity index (χ0v) is 15.9. The number of para-hydroxylation sites is 1. The summed E-state index contributed by atoms with van der Waals surface area (Å²) in [6, 6.07) is 15.9. The van der Waals surface area contributed by atoms with E-state index in [1.54, 1.807) is 18.2 Å². The topological polar surface area (TPSA) is 65.9 Å². The fourth-order valence-corrected chi connectivity index (χ4v) is 2.53. The Kier molecular flexibility index (Phi) is 8.58. The highest BCUT2D eigenvalue weighted by molar-refractivity contribution is 5.79. The summed E-state index contributed by atoms with van der Waals surface area (Å²) >= 11 is 0. The maximum Gasteiger partial charge on any atom is 0.191 e. The van der Waals surface area contributed by atoms with Crippen molar-refractivity contribution in [3.8, 4) is 5.75 Å². The van der Waals surface area contributed by atoms with Crippen LogP contribution in [0.5, 0.6) is 5.75 Å². The van der Waals surface area contributed by atoms with Crippen LogP contribution in [-0.2, 0) is 0 Å². The summed E-state index contributed by atoms with van der Waals surface area (Å²) < 4.78 is 19.2. The first-order valence-electron chi connectivity index (χ1n) is 9.26. The number of benzene rings is 2. The molecule has 0 aliphatic rings. The number of nitrogens with zero attached hydrogens (tertiary/aromatic N) is 1. The average Bonchev–Trinajstić information content (AvgIpc) is 2.68. The van der Waals surface area contributed by atoms with Crippen molar-refractivity contribution < 1.29 is 14.2 Å². The molecule has 2 aromatic carbocycles. The Hall–Kier alpha value is -2.60. The van der Waals surface area contributed by atoms with Crippen molar-refractivity contribution in [2.75, 3.05) is 19.6 Å². The molecule has 0 saturated carbocycles. The molecule has 146 valence electrons. The molecular weight excluding hydrogens is 345 g/mol. The van der Waals surface area contributed by atoms with Gasteiger partial charge in [-0.15, -0.1) is 0 Å². The molecular formula is C21H28FN3O2. The molecule has 5 nitrogen and oxygen atoms in total. The highest BCUT2D eigenvalue weighted by atomic mass is 19.1. The molecule has 0 fully saturated rings. The monoisotopic (exact) mass is 373 g/mol. The lowest BCUT2D eigenvalue weighted by Crippen LogP contribution is -2.39. The Bertz CT molecular complexity index is 710. The number of rotatable bonds is 9. The third kappa shape index (κ3) is 7.27. The van der Waals surface area contributed by atoms with Crippen LogP contribution in [-0.4, -0.2) is 36.8 Å². The van der Waals surface area contributed by atoms with E-state index in [1.165, 1.54) is 6.07 Å². The van der Waals surface area contributed by atoms with Crippen molar-refractivity contribution in [1.29, 1.82) is 0 Å². The number of ether oxygens (including phenoxy) is 1. The number of aliphatic hydroxyl groups is 1. The molecule has 6 heteroatoms. The van der Waals surface area contributed by atoms with Gasteiger partial charge in [-0.05, 0) is 38.0 Å². The third-order valence-corrected chi connectivity index (χ3v) is 3.91. The SMILES string of the molecule is CCNC(=NCC(C)Oc1ccccc1F)NCCC(O)c1ccccc1. The van der Waals surface area contributed by atoms with Gasteiger partial charge in [0, 0.05) is 13.1 Å². The maximum atomic E-state index is 13.6. The van der Waals surface area contributed by atoms with Gasteiger partial charge in [0.2, 0.25) is 0 Å². The van der Waals surface area contributed by atoms with E-state index in [4.69, 9.17) is 4.74 Å². The van der Waals surface area contributed by atoms with Crippen LogP contribution >= 0.6 is 0 Å². The highest BCUT2D eigenvalue weighted by Gasteiger charge is 2.09. The van der Waals surface area contributed by atoms with Gasteiger partial charge < -0.3 is 20.5 Å². The largest absolute Gasteiger partial charge is 0.486 e. The third-order valence-electron chi connectivity index (χ3n) is 3.91. The molecule has 0 spiro atoms. The molecule has 0 aliphatic heterocycles. The van der Waals surface area contributed by atoms with Gasteiger partial charge >= 0.3 is 0 Å². The Morgan fingerprint density at radius 2 is 1.81 bits per heavy atom. The van der Waals surface area contributed by atoms with Gasteiger partial charge in [-0.2, -0.15) is 0 Å². The van der Waals surface area contributed by atoms with Crippen molar-refractivity contribution in [2.24, 2.45) is 4.99 Å². The zero-order chi connectivity index (χ0) is 19.5. The van der Waals surface area contributed by atoms with E-state index in [2.05, 4.69) is 15.6 Å². The zero-order valence-electron chi connectivity index (χ0n) is 15.9. The number of aliphatic imine (C=N–C) groups is 1. The van der Waals surface area contributed by atoms with Crippen LogP contribution in [0.15, 0.2) is 59.6 Å². The van der Waals surface area contributed by atoms with Gasteiger partial charge in [0.25, 0.3) is 0 Å². The predicted octanol–water partition coefficient (Wildman–Crippen LogP) is 3.27. The van der Waals surface area contributed by atoms with Crippen molar-refractivity contribution in [2.45, 2.75) is 32.5 Å². The summed E-state index contributed by atoms with van der Waals surface area (Å²) in [6.07, 6.45) is -0.229. The van der Waals surface area contributed by atoms with Crippen LogP contribution in [0.2, 0.25) is 0 Å². The lowest BCUT2D eigenvalue weighted by atomic mass is 10.1. The minimum Gasteiger partial charge on any atom is -0.486 e. The molecule has 0 amide bonds. The summed E-state index contributed by atoms with van der Waals surface area (Å²) in [7, 11) is 0. The molecule has 0 aliphatic carbocycles. The lowest BCUT2D eigenvalue weighted by molar-refractivity contribution is 0.168. The number of hydrogen-bond acceptors (Lipinski definition) is 3. The molecule has 0 aromatic heterocycles. The van der Waals surface area contributed by atoms with E-state index >= 15 is 0 Å². The molecule has 0 bridgehead atoms. The molecule has 0 radical (unpaired) electrons. The van der Waals surface area contributed by atoms with E-state index in [1.807, 2.05) is 44.2 Å².